The largest absolute Gasteiger partial charge is 0.508 e. The molecule has 0 aliphatic carbocycles. The molecule has 3 unspecified atom stereocenters. The van der Waals surface area contributed by atoms with Gasteiger partial charge >= 0.3 is 6.01 Å². The van der Waals surface area contributed by atoms with Gasteiger partial charge in [-0.05, 0) is 81.0 Å². The molecule has 4 aromatic rings. The normalized spacial score (nSPS) is 24.7. The Balaban J connectivity index is 1.34. The van der Waals surface area contributed by atoms with Gasteiger partial charge in [-0.2, -0.15) is 9.97 Å². The molecule has 1 N–H and O–H groups in total. The number of pyridine rings is 1. The molecular weight excluding hydrogens is 588 g/mol. The van der Waals surface area contributed by atoms with Crippen LogP contribution in [0.4, 0.5) is 14.6 Å². The average molecular weight is 626 g/mol. The van der Waals surface area contributed by atoms with Gasteiger partial charge in [0, 0.05) is 36.7 Å². The lowest BCUT2D eigenvalue weighted by Gasteiger charge is -2.34. The van der Waals surface area contributed by atoms with Crippen molar-refractivity contribution < 1.29 is 23.4 Å². The molecule has 10 heteroatoms. The highest BCUT2D eigenvalue weighted by Crippen LogP contribution is 2.44. The number of rotatable bonds is 4. The maximum atomic E-state index is 17.1. The monoisotopic (exact) mass is 625 g/mol. The van der Waals surface area contributed by atoms with Crippen molar-refractivity contribution in [2.45, 2.75) is 63.5 Å². The summed E-state index contributed by atoms with van der Waals surface area (Å²) >= 11 is 0. The van der Waals surface area contributed by atoms with Crippen molar-refractivity contribution in [1.82, 2.24) is 19.9 Å². The van der Waals surface area contributed by atoms with Gasteiger partial charge in [0.2, 0.25) is 0 Å². The summed E-state index contributed by atoms with van der Waals surface area (Å²) in [5, 5.41) is 12.0. The molecule has 4 aliphatic heterocycles. The van der Waals surface area contributed by atoms with E-state index in [0.29, 0.717) is 66.4 Å². The summed E-state index contributed by atoms with van der Waals surface area (Å²) in [6.07, 6.45) is 12.1. The van der Waals surface area contributed by atoms with Gasteiger partial charge in [0.1, 0.15) is 35.2 Å². The number of hydrogen-bond donors (Lipinski definition) is 1. The van der Waals surface area contributed by atoms with E-state index in [1.54, 1.807) is 0 Å². The van der Waals surface area contributed by atoms with E-state index in [9.17, 15) is 9.50 Å². The fraction of sp³-hybridized carbons (Fsp3) is 0.472. The van der Waals surface area contributed by atoms with Crippen LogP contribution in [-0.2, 0) is 11.2 Å². The molecule has 0 radical (unpaired) electrons. The van der Waals surface area contributed by atoms with Crippen LogP contribution in [0.15, 0.2) is 24.3 Å². The number of phenolic OH excluding ortho intramolecular Hbond substituents is 1. The number of terminal acetylenes is 1. The number of fused-ring (bicyclic) bond motifs is 4. The Bertz CT molecular complexity index is 1910. The van der Waals surface area contributed by atoms with Crippen molar-refractivity contribution in [2.75, 3.05) is 44.4 Å². The Morgan fingerprint density at radius 1 is 1.11 bits per heavy atom. The van der Waals surface area contributed by atoms with Crippen LogP contribution in [0.2, 0.25) is 0 Å². The number of aromatic nitrogens is 3. The van der Waals surface area contributed by atoms with Crippen LogP contribution in [0.25, 0.3) is 32.9 Å². The zero-order valence-electron chi connectivity index (χ0n) is 26.0. The Labute approximate surface area is 266 Å². The quantitative estimate of drug-likeness (QED) is 0.277. The zero-order chi connectivity index (χ0) is 31.6. The number of halogens is 2. The molecule has 46 heavy (non-hydrogen) atoms. The number of nitrogens with zero attached hydrogens (tertiary/aromatic N) is 5. The van der Waals surface area contributed by atoms with Crippen LogP contribution in [0, 0.1) is 29.9 Å². The second-order valence-corrected chi connectivity index (χ2v) is 13.4. The lowest BCUT2D eigenvalue weighted by molar-refractivity contribution is 0.107. The molecule has 0 amide bonds. The lowest BCUT2D eigenvalue weighted by atomic mass is 9.92. The van der Waals surface area contributed by atoms with E-state index >= 15 is 4.39 Å². The van der Waals surface area contributed by atoms with Crippen molar-refractivity contribution in [2.24, 2.45) is 5.92 Å². The van der Waals surface area contributed by atoms with Crippen molar-refractivity contribution >= 4 is 27.5 Å². The summed E-state index contributed by atoms with van der Waals surface area (Å²) in [5.74, 6) is 2.22. The smallest absolute Gasteiger partial charge is 0.319 e. The standard InChI is InChI=1S/C36H37F2N5O3/c1-3-25-27(37)9-8-22-16-24(44)17-26(29(22)25)32-31(38)33-30-28(39-32)7-4-6-23-10-14-45-15-13-43(23)34(30)41-35(40-33)46-20-36-11-5-12-42(36)19-21(2)18-36/h1,8-9,16-17,21,23,44H,4-7,10-15,18-20H2,2H3. The number of ether oxygens (including phenoxy) is 2. The number of phenols is 1. The Morgan fingerprint density at radius 2 is 2.00 bits per heavy atom. The SMILES string of the molecule is C#Cc1c(F)ccc2cc(O)cc(-c3nc4c5c(nc(OCC67CCCN6CC(C)C7)nc5c3F)N3CCOCCC3CCC4)c12. The van der Waals surface area contributed by atoms with E-state index in [0.717, 1.165) is 51.6 Å². The van der Waals surface area contributed by atoms with Crippen molar-refractivity contribution in [1.29, 1.82) is 0 Å². The molecule has 2 aromatic carbocycles. The number of aryl methyl sites for hydroxylation is 1. The highest BCUT2D eigenvalue weighted by Gasteiger charge is 2.48. The van der Waals surface area contributed by atoms with Gasteiger partial charge in [0.05, 0.1) is 28.8 Å². The molecule has 3 saturated heterocycles. The van der Waals surface area contributed by atoms with E-state index in [-0.39, 0.29) is 45.7 Å². The third-order valence-corrected chi connectivity index (χ3v) is 10.5. The molecular formula is C36H37F2N5O3. The molecule has 6 heterocycles. The summed E-state index contributed by atoms with van der Waals surface area (Å²) in [4.78, 5) is 19.4. The first-order chi connectivity index (χ1) is 22.3. The molecule has 238 valence electrons. The second kappa shape index (κ2) is 11.3. The van der Waals surface area contributed by atoms with Gasteiger partial charge in [-0.3, -0.25) is 4.90 Å². The van der Waals surface area contributed by atoms with Crippen LogP contribution in [0.3, 0.4) is 0 Å². The minimum absolute atomic E-state index is 0.0116. The van der Waals surface area contributed by atoms with E-state index in [2.05, 4.69) is 22.6 Å². The summed E-state index contributed by atoms with van der Waals surface area (Å²) in [6.45, 7) is 6.61. The van der Waals surface area contributed by atoms with Crippen LogP contribution >= 0.6 is 0 Å². The first kappa shape index (κ1) is 29.3. The summed E-state index contributed by atoms with van der Waals surface area (Å²) in [6, 6.07) is 5.97. The maximum Gasteiger partial charge on any atom is 0.319 e. The summed E-state index contributed by atoms with van der Waals surface area (Å²) in [5.41, 5.74) is 0.846. The van der Waals surface area contributed by atoms with Gasteiger partial charge in [-0.1, -0.05) is 18.9 Å². The molecule has 3 fully saturated rings. The predicted octanol–water partition coefficient (Wildman–Crippen LogP) is 5.99. The number of anilines is 1. The van der Waals surface area contributed by atoms with E-state index in [4.69, 9.17) is 30.8 Å². The molecule has 8 rings (SSSR count). The minimum atomic E-state index is -0.690. The summed E-state index contributed by atoms with van der Waals surface area (Å²) in [7, 11) is 0. The highest BCUT2D eigenvalue weighted by atomic mass is 19.1. The van der Waals surface area contributed by atoms with Gasteiger partial charge in [-0.25, -0.2) is 13.8 Å². The van der Waals surface area contributed by atoms with Gasteiger partial charge in [0.15, 0.2) is 5.82 Å². The average Bonchev–Trinajstić information content (AvgIpc) is 3.46. The van der Waals surface area contributed by atoms with Crippen LogP contribution in [0.1, 0.15) is 56.7 Å². The topological polar surface area (TPSA) is 83.8 Å². The van der Waals surface area contributed by atoms with Crippen molar-refractivity contribution in [3.8, 4) is 35.4 Å². The summed E-state index contributed by atoms with van der Waals surface area (Å²) < 4.78 is 44.4. The Morgan fingerprint density at radius 3 is 2.87 bits per heavy atom. The first-order valence-corrected chi connectivity index (χ1v) is 16.4. The maximum absolute atomic E-state index is 17.1. The van der Waals surface area contributed by atoms with Crippen molar-refractivity contribution in [3.05, 3.63) is 47.2 Å². The number of hydrogen-bond acceptors (Lipinski definition) is 8. The van der Waals surface area contributed by atoms with Crippen LogP contribution in [0.5, 0.6) is 11.8 Å². The molecule has 2 aromatic heterocycles. The predicted molar refractivity (Wildman–Crippen MR) is 172 cm³/mol. The lowest BCUT2D eigenvalue weighted by Crippen LogP contribution is -2.43. The molecule has 0 saturated carbocycles. The molecule has 3 atom stereocenters. The second-order valence-electron chi connectivity index (χ2n) is 13.4. The van der Waals surface area contributed by atoms with E-state index in [1.807, 2.05) is 0 Å². The van der Waals surface area contributed by atoms with Gasteiger partial charge in [-0.15, -0.1) is 6.42 Å². The van der Waals surface area contributed by atoms with Gasteiger partial charge < -0.3 is 19.5 Å². The Kier molecular flexibility index (Phi) is 7.22. The van der Waals surface area contributed by atoms with E-state index in [1.165, 1.54) is 24.3 Å². The minimum Gasteiger partial charge on any atom is -0.508 e. The number of benzene rings is 2. The first-order valence-electron chi connectivity index (χ1n) is 16.4. The zero-order valence-corrected chi connectivity index (χ0v) is 26.0. The van der Waals surface area contributed by atoms with Crippen LogP contribution < -0.4 is 9.64 Å². The fourth-order valence-corrected chi connectivity index (χ4v) is 8.52. The molecule has 0 spiro atoms. The van der Waals surface area contributed by atoms with Crippen molar-refractivity contribution in [3.63, 3.8) is 0 Å². The molecule has 8 nitrogen and oxygen atoms in total. The highest BCUT2D eigenvalue weighted by molar-refractivity contribution is 6.03. The van der Waals surface area contributed by atoms with Crippen LogP contribution in [-0.4, -0.2) is 76.0 Å². The number of aromatic hydroxyl groups is 1. The third kappa shape index (κ3) is 4.75. The van der Waals surface area contributed by atoms with E-state index < -0.39 is 11.6 Å². The third-order valence-electron chi connectivity index (χ3n) is 10.5. The fourth-order valence-electron chi connectivity index (χ4n) is 8.52. The van der Waals surface area contributed by atoms with Gasteiger partial charge in [0.25, 0.3) is 0 Å². The molecule has 0 bridgehead atoms. The molecule has 4 aliphatic rings. The Hall–Kier alpha value is -4.07.